The van der Waals surface area contributed by atoms with Crippen molar-refractivity contribution in [3.63, 3.8) is 0 Å². The molecule has 0 aromatic carbocycles. The van der Waals surface area contributed by atoms with Crippen LogP contribution in [0.4, 0.5) is 5.13 Å². The second-order valence-corrected chi connectivity index (χ2v) is 8.26. The molecule has 0 unspecified atom stereocenters. The summed E-state index contributed by atoms with van der Waals surface area (Å²) >= 11 is 1.08. The molecular formula is C16H20N6O9S3. The van der Waals surface area contributed by atoms with Gasteiger partial charge in [-0.15, -0.1) is 24.0 Å². The van der Waals surface area contributed by atoms with Gasteiger partial charge in [0.1, 0.15) is 17.4 Å². The van der Waals surface area contributed by atoms with Crippen LogP contribution >= 0.6 is 24.8 Å². The molecule has 1 aliphatic rings. The maximum Gasteiger partial charge on any atom is 0.425 e. The van der Waals surface area contributed by atoms with Crippen molar-refractivity contribution < 1.29 is 37.4 Å². The summed E-state index contributed by atoms with van der Waals surface area (Å²) in [5.41, 5.74) is 4.14. The van der Waals surface area contributed by atoms with Crippen molar-refractivity contribution in [1.29, 1.82) is 0 Å². The zero-order chi connectivity index (χ0) is 24.9. The van der Waals surface area contributed by atoms with Crippen LogP contribution in [0.1, 0.15) is 25.2 Å². The number of amides is 2. The molecule has 1 atom stereocenters. The van der Waals surface area contributed by atoms with Crippen LogP contribution in [-0.2, 0) is 31.6 Å². The number of hydrogen-bond donors (Lipinski definition) is 5. The van der Waals surface area contributed by atoms with E-state index in [1.165, 1.54) is 5.38 Å². The third-order valence-electron chi connectivity index (χ3n) is 4.14. The molecule has 0 spiro atoms. The molecule has 0 radical (unpaired) electrons. The number of nitrogens with zero attached hydrogens (tertiary/aromatic N) is 3. The standard InChI is InChI=1S/C16H18N6O6S.O3S.H2S/c1-16(2)12(14(26)20-16)19-13(25)11(8-6-29-15(17)18-8)21-28-5-7-3-9(23)10(24)4-22(7)27;1-4(2)3;/h3-4,6,12,24,27H,5H2,1-2H3,(H2,17,18)(H,19,25)(H,20,26);;1H2/b21-11-;;/t12-;;/m1../s1. The van der Waals surface area contributed by atoms with Crippen molar-refractivity contribution in [2.24, 2.45) is 5.16 Å². The Bertz CT molecular complexity index is 1260. The Balaban J connectivity index is 0.00000107. The zero-order valence-corrected chi connectivity index (χ0v) is 20.1. The molecule has 1 aliphatic heterocycles. The maximum absolute atomic E-state index is 12.7. The average molecular weight is 537 g/mol. The van der Waals surface area contributed by atoms with Crippen LogP contribution in [0.3, 0.4) is 0 Å². The number of thiazole rings is 1. The van der Waals surface area contributed by atoms with E-state index in [9.17, 15) is 24.7 Å². The first-order valence-corrected chi connectivity index (χ1v) is 10.6. The molecule has 186 valence electrons. The number of nitrogen functional groups attached to an aromatic ring is 1. The van der Waals surface area contributed by atoms with Crippen molar-refractivity contribution >= 4 is 58.1 Å². The molecule has 34 heavy (non-hydrogen) atoms. The summed E-state index contributed by atoms with van der Waals surface area (Å²) in [5, 5.41) is 29.6. The molecule has 0 aliphatic carbocycles. The predicted molar refractivity (Wildman–Crippen MR) is 122 cm³/mol. The highest BCUT2D eigenvalue weighted by Gasteiger charge is 2.47. The van der Waals surface area contributed by atoms with Gasteiger partial charge in [-0.3, -0.25) is 14.4 Å². The van der Waals surface area contributed by atoms with Gasteiger partial charge in [-0.05, 0) is 13.8 Å². The van der Waals surface area contributed by atoms with Gasteiger partial charge in [0.05, 0.1) is 11.7 Å². The topological polar surface area (TPSA) is 232 Å². The highest BCUT2D eigenvalue weighted by molar-refractivity contribution is 7.59. The summed E-state index contributed by atoms with van der Waals surface area (Å²) in [6.07, 6.45) is 0.802. The SMILES string of the molecule is CC1(C)NC(=O)[C@H]1NC(=O)/C(=N\OCc1cc(=O)c(O)cn1O)c1csc(N)n1.O=S(=O)=O.S. The van der Waals surface area contributed by atoms with Gasteiger partial charge < -0.3 is 31.5 Å². The summed E-state index contributed by atoms with van der Waals surface area (Å²) in [7, 11) is -3.11. The van der Waals surface area contributed by atoms with Gasteiger partial charge in [0, 0.05) is 11.4 Å². The van der Waals surface area contributed by atoms with E-state index in [2.05, 4.69) is 20.8 Å². The Labute approximate surface area is 203 Å². The van der Waals surface area contributed by atoms with Crippen LogP contribution in [0.5, 0.6) is 5.75 Å². The third kappa shape index (κ3) is 7.18. The monoisotopic (exact) mass is 536 g/mol. The lowest BCUT2D eigenvalue weighted by Crippen LogP contribution is -2.75. The number of hydrogen-bond acceptors (Lipinski definition) is 13. The number of anilines is 1. The van der Waals surface area contributed by atoms with Gasteiger partial charge >= 0.3 is 10.6 Å². The van der Waals surface area contributed by atoms with Crippen LogP contribution in [-0.4, -0.2) is 61.8 Å². The molecule has 0 bridgehead atoms. The first-order valence-electron chi connectivity index (χ1n) is 8.76. The molecule has 2 amide bonds. The zero-order valence-electron chi connectivity index (χ0n) is 17.5. The fourth-order valence-electron chi connectivity index (χ4n) is 2.58. The van der Waals surface area contributed by atoms with Gasteiger partial charge in [0.25, 0.3) is 5.91 Å². The molecule has 18 heteroatoms. The lowest BCUT2D eigenvalue weighted by Gasteiger charge is -2.44. The second kappa shape index (κ2) is 11.5. The summed E-state index contributed by atoms with van der Waals surface area (Å²) in [5.74, 6) is -1.69. The van der Waals surface area contributed by atoms with Crippen molar-refractivity contribution in [2.75, 3.05) is 5.73 Å². The number of carbonyl (C=O) groups is 2. The summed E-state index contributed by atoms with van der Waals surface area (Å²) < 4.78 is 25.8. The second-order valence-electron chi connectivity index (χ2n) is 6.96. The minimum Gasteiger partial charge on any atom is -0.503 e. The Morgan fingerprint density at radius 2 is 2.03 bits per heavy atom. The van der Waals surface area contributed by atoms with E-state index in [-0.39, 0.29) is 41.6 Å². The summed E-state index contributed by atoms with van der Waals surface area (Å²) in [6, 6.07) is 0.183. The van der Waals surface area contributed by atoms with E-state index in [4.69, 9.17) is 23.2 Å². The lowest BCUT2D eigenvalue weighted by molar-refractivity contribution is -0.138. The van der Waals surface area contributed by atoms with Crippen molar-refractivity contribution in [2.45, 2.75) is 32.0 Å². The minimum absolute atomic E-state index is 0. The van der Waals surface area contributed by atoms with Gasteiger partial charge in [-0.2, -0.15) is 18.2 Å². The smallest absolute Gasteiger partial charge is 0.425 e. The van der Waals surface area contributed by atoms with Gasteiger partial charge in [-0.1, -0.05) is 5.16 Å². The molecule has 15 nitrogen and oxygen atoms in total. The van der Waals surface area contributed by atoms with E-state index in [1.807, 2.05) is 0 Å². The molecule has 3 rings (SSSR count). The molecular weight excluding hydrogens is 516 g/mol. The minimum atomic E-state index is -3.11. The third-order valence-corrected chi connectivity index (χ3v) is 4.82. The molecule has 3 heterocycles. The Kier molecular flexibility index (Phi) is 9.58. The van der Waals surface area contributed by atoms with E-state index in [0.717, 1.165) is 23.6 Å². The number of aromatic hydroxyl groups is 1. The quantitative estimate of drug-likeness (QED) is 0.120. The number of nitrogens with one attached hydrogen (secondary N) is 2. The molecule has 6 N–H and O–H groups in total. The first-order chi connectivity index (χ1) is 15.3. The van der Waals surface area contributed by atoms with Crippen LogP contribution in [0.25, 0.3) is 0 Å². The van der Waals surface area contributed by atoms with E-state index >= 15 is 0 Å². The molecule has 2 aromatic rings. The van der Waals surface area contributed by atoms with Crippen molar-refractivity contribution in [3.05, 3.63) is 39.3 Å². The van der Waals surface area contributed by atoms with Crippen LogP contribution < -0.4 is 21.8 Å². The van der Waals surface area contributed by atoms with Crippen LogP contribution in [0, 0.1) is 0 Å². The summed E-state index contributed by atoms with van der Waals surface area (Å²) in [4.78, 5) is 45.0. The van der Waals surface area contributed by atoms with Crippen molar-refractivity contribution in [1.82, 2.24) is 20.3 Å². The number of aromatic nitrogens is 2. The van der Waals surface area contributed by atoms with E-state index in [1.54, 1.807) is 13.8 Å². The van der Waals surface area contributed by atoms with Gasteiger partial charge in [0.2, 0.25) is 11.3 Å². The van der Waals surface area contributed by atoms with E-state index < -0.39 is 45.9 Å². The number of rotatable bonds is 6. The first kappa shape index (κ1) is 28.4. The Morgan fingerprint density at radius 3 is 2.53 bits per heavy atom. The molecule has 1 fully saturated rings. The maximum atomic E-state index is 12.7. The summed E-state index contributed by atoms with van der Waals surface area (Å²) in [6.45, 7) is 3.11. The molecule has 2 aromatic heterocycles. The van der Waals surface area contributed by atoms with Gasteiger partial charge in [-0.25, -0.2) is 4.98 Å². The van der Waals surface area contributed by atoms with Crippen molar-refractivity contribution in [3.8, 4) is 5.75 Å². The molecule has 0 saturated carbocycles. The predicted octanol–water partition coefficient (Wildman–Crippen LogP) is -1.75. The lowest BCUT2D eigenvalue weighted by atomic mass is 9.85. The number of β-lactam (4-membered cyclic amide) rings is 1. The van der Waals surface area contributed by atoms with Crippen LogP contribution in [0.15, 0.2) is 27.6 Å². The largest absolute Gasteiger partial charge is 0.503 e. The highest BCUT2D eigenvalue weighted by Crippen LogP contribution is 2.20. The van der Waals surface area contributed by atoms with Crippen LogP contribution in [0.2, 0.25) is 0 Å². The van der Waals surface area contributed by atoms with E-state index in [0.29, 0.717) is 4.73 Å². The highest BCUT2D eigenvalue weighted by atomic mass is 32.2. The fourth-order valence-corrected chi connectivity index (χ4v) is 3.13. The van der Waals surface area contributed by atoms with Gasteiger partial charge in [0.15, 0.2) is 23.2 Å². The fraction of sp³-hybridized carbons (Fsp3) is 0.312. The Hall–Kier alpha value is -3.64. The average Bonchev–Trinajstić information content (AvgIpc) is 3.12. The number of pyridine rings is 1. The number of oxime groups is 1. The number of nitrogens with two attached hydrogens (primary N) is 1. The normalized spacial score (nSPS) is 16.0. The molecule has 1 saturated heterocycles. The number of carbonyl (C=O) groups excluding carboxylic acids is 2. The Morgan fingerprint density at radius 1 is 1.41 bits per heavy atom.